The third-order valence-electron chi connectivity index (χ3n) is 2.13. The third kappa shape index (κ3) is 1.35. The molecule has 0 unspecified atom stereocenters. The maximum Gasteiger partial charge on any atom is 0.0645 e. The lowest BCUT2D eigenvalue weighted by molar-refractivity contribution is 0.267. The Hall–Kier alpha value is -0.870. The summed E-state index contributed by atoms with van der Waals surface area (Å²) in [6, 6.07) is -0.307. The van der Waals surface area contributed by atoms with E-state index in [0.29, 0.717) is 0 Å². The summed E-state index contributed by atoms with van der Waals surface area (Å²) in [4.78, 5) is 0. The molecule has 0 fully saturated rings. The van der Waals surface area contributed by atoms with Gasteiger partial charge < -0.3 is 10.8 Å². The van der Waals surface area contributed by atoms with E-state index in [9.17, 15) is 0 Å². The van der Waals surface area contributed by atoms with Crippen LogP contribution in [0.15, 0.2) is 0 Å². The van der Waals surface area contributed by atoms with Crippen LogP contribution in [-0.2, 0) is 7.05 Å². The lowest BCUT2D eigenvalue weighted by atomic mass is 10.1. The molecule has 1 aromatic rings. The van der Waals surface area contributed by atoms with Crippen molar-refractivity contribution in [1.82, 2.24) is 9.78 Å². The zero-order valence-electron chi connectivity index (χ0n) is 7.70. The second-order valence-corrected chi connectivity index (χ2v) is 3.00. The van der Waals surface area contributed by atoms with Crippen LogP contribution in [0.4, 0.5) is 0 Å². The molecule has 68 valence electrons. The first-order valence-electron chi connectivity index (χ1n) is 3.94. The topological polar surface area (TPSA) is 64.1 Å². The Balaban J connectivity index is 3.13. The van der Waals surface area contributed by atoms with Crippen LogP contribution in [0.25, 0.3) is 0 Å². The lowest BCUT2D eigenvalue weighted by Crippen LogP contribution is -2.16. The maximum absolute atomic E-state index is 8.88. The first kappa shape index (κ1) is 9.22. The molecule has 1 atom stereocenters. The number of aliphatic hydroxyl groups excluding tert-OH is 1. The monoisotopic (exact) mass is 169 g/mol. The van der Waals surface area contributed by atoms with E-state index < -0.39 is 0 Å². The quantitative estimate of drug-likeness (QED) is 0.656. The molecule has 1 rings (SSSR count). The Labute approximate surface area is 72.0 Å². The van der Waals surface area contributed by atoms with Gasteiger partial charge in [0, 0.05) is 18.3 Å². The zero-order valence-corrected chi connectivity index (χ0v) is 7.70. The van der Waals surface area contributed by atoms with Gasteiger partial charge in [0.15, 0.2) is 0 Å². The second-order valence-electron chi connectivity index (χ2n) is 3.00. The Morgan fingerprint density at radius 2 is 2.17 bits per heavy atom. The number of nitrogens with zero attached hydrogens (tertiary/aromatic N) is 2. The van der Waals surface area contributed by atoms with Gasteiger partial charge in [0.05, 0.1) is 18.3 Å². The van der Waals surface area contributed by atoms with E-state index >= 15 is 0 Å². The predicted octanol–water partition coefficient (Wildman–Crippen LogP) is 0.0290. The zero-order chi connectivity index (χ0) is 9.30. The summed E-state index contributed by atoms with van der Waals surface area (Å²) >= 11 is 0. The molecule has 0 spiro atoms. The molecule has 0 amide bonds. The fraction of sp³-hybridized carbons (Fsp3) is 0.625. The molecule has 0 aromatic carbocycles. The minimum Gasteiger partial charge on any atom is -0.394 e. The Morgan fingerprint density at radius 3 is 2.50 bits per heavy atom. The van der Waals surface area contributed by atoms with Gasteiger partial charge in [-0.2, -0.15) is 5.10 Å². The van der Waals surface area contributed by atoms with Crippen molar-refractivity contribution >= 4 is 0 Å². The average Bonchev–Trinajstić information content (AvgIpc) is 2.26. The molecule has 0 saturated heterocycles. The van der Waals surface area contributed by atoms with Gasteiger partial charge in [-0.05, 0) is 13.8 Å². The molecule has 1 aromatic heterocycles. The van der Waals surface area contributed by atoms with E-state index in [1.165, 1.54) is 0 Å². The van der Waals surface area contributed by atoms with E-state index in [1.807, 2.05) is 20.9 Å². The molecule has 0 aliphatic carbocycles. The highest BCUT2D eigenvalue weighted by molar-refractivity contribution is 5.27. The molecule has 0 aliphatic heterocycles. The first-order valence-corrected chi connectivity index (χ1v) is 3.94. The van der Waals surface area contributed by atoms with Gasteiger partial charge in [0.2, 0.25) is 0 Å². The molecule has 3 N–H and O–H groups in total. The van der Waals surface area contributed by atoms with E-state index in [0.717, 1.165) is 17.0 Å². The summed E-state index contributed by atoms with van der Waals surface area (Å²) in [7, 11) is 1.87. The van der Waals surface area contributed by atoms with Gasteiger partial charge in [-0.3, -0.25) is 4.68 Å². The van der Waals surface area contributed by atoms with E-state index in [1.54, 1.807) is 4.68 Å². The predicted molar refractivity (Wildman–Crippen MR) is 46.7 cm³/mol. The standard InChI is InChI=1S/C8H15N3O/c1-5-8(7(9)4-12)6(2)11(3)10-5/h7,12H,4,9H2,1-3H3/t7-/m0/s1. The lowest BCUT2D eigenvalue weighted by Gasteiger charge is -2.07. The van der Waals surface area contributed by atoms with Crippen molar-refractivity contribution in [2.45, 2.75) is 19.9 Å². The van der Waals surface area contributed by atoms with Gasteiger partial charge in [-0.25, -0.2) is 0 Å². The van der Waals surface area contributed by atoms with Crippen molar-refractivity contribution in [3.63, 3.8) is 0 Å². The number of aliphatic hydroxyl groups is 1. The molecular formula is C8H15N3O. The summed E-state index contributed by atoms with van der Waals surface area (Å²) in [5.41, 5.74) is 8.59. The van der Waals surface area contributed by atoms with E-state index in [2.05, 4.69) is 5.10 Å². The van der Waals surface area contributed by atoms with Gasteiger partial charge >= 0.3 is 0 Å². The summed E-state index contributed by atoms with van der Waals surface area (Å²) < 4.78 is 1.78. The van der Waals surface area contributed by atoms with Crippen LogP contribution in [0.1, 0.15) is 23.0 Å². The van der Waals surface area contributed by atoms with Crippen LogP contribution in [0.3, 0.4) is 0 Å². The molecule has 0 aliphatic rings. The second kappa shape index (κ2) is 3.25. The van der Waals surface area contributed by atoms with Gasteiger partial charge in [0.25, 0.3) is 0 Å². The number of hydrogen-bond acceptors (Lipinski definition) is 3. The third-order valence-corrected chi connectivity index (χ3v) is 2.13. The van der Waals surface area contributed by atoms with E-state index in [-0.39, 0.29) is 12.6 Å². The fourth-order valence-electron chi connectivity index (χ4n) is 1.42. The van der Waals surface area contributed by atoms with Crippen molar-refractivity contribution in [2.24, 2.45) is 12.8 Å². The van der Waals surface area contributed by atoms with Crippen LogP contribution in [-0.4, -0.2) is 21.5 Å². The van der Waals surface area contributed by atoms with Crippen LogP contribution in [0.5, 0.6) is 0 Å². The van der Waals surface area contributed by atoms with Crippen molar-refractivity contribution in [3.05, 3.63) is 17.0 Å². The summed E-state index contributed by atoms with van der Waals surface area (Å²) in [5, 5.41) is 13.1. The summed E-state index contributed by atoms with van der Waals surface area (Å²) in [6.07, 6.45) is 0. The Kier molecular flexibility index (Phi) is 2.49. The van der Waals surface area contributed by atoms with Gasteiger partial charge in [-0.15, -0.1) is 0 Å². The Bertz CT molecular complexity index is 280. The van der Waals surface area contributed by atoms with Crippen molar-refractivity contribution in [3.8, 4) is 0 Å². The van der Waals surface area contributed by atoms with Crippen LogP contribution >= 0.6 is 0 Å². The van der Waals surface area contributed by atoms with Crippen molar-refractivity contribution in [1.29, 1.82) is 0 Å². The maximum atomic E-state index is 8.88. The van der Waals surface area contributed by atoms with Crippen molar-refractivity contribution < 1.29 is 5.11 Å². The Morgan fingerprint density at radius 1 is 1.58 bits per heavy atom. The summed E-state index contributed by atoms with van der Waals surface area (Å²) in [6.45, 7) is 3.82. The molecule has 4 heteroatoms. The highest BCUT2D eigenvalue weighted by Crippen LogP contribution is 2.18. The number of nitrogens with two attached hydrogens (primary N) is 1. The van der Waals surface area contributed by atoms with Crippen molar-refractivity contribution in [2.75, 3.05) is 6.61 Å². The summed E-state index contributed by atoms with van der Waals surface area (Å²) in [5.74, 6) is 0. The first-order chi connectivity index (χ1) is 5.57. The molecule has 0 bridgehead atoms. The molecule has 1 heterocycles. The highest BCUT2D eigenvalue weighted by atomic mass is 16.3. The average molecular weight is 169 g/mol. The normalized spacial score (nSPS) is 13.4. The van der Waals surface area contributed by atoms with Crippen LogP contribution < -0.4 is 5.73 Å². The highest BCUT2D eigenvalue weighted by Gasteiger charge is 2.15. The molecule has 0 radical (unpaired) electrons. The SMILES string of the molecule is Cc1nn(C)c(C)c1[C@@H](N)CO. The molecular weight excluding hydrogens is 154 g/mol. The van der Waals surface area contributed by atoms with Crippen LogP contribution in [0, 0.1) is 13.8 Å². The number of hydrogen-bond donors (Lipinski definition) is 2. The largest absolute Gasteiger partial charge is 0.394 e. The molecule has 0 saturated carbocycles. The number of rotatable bonds is 2. The van der Waals surface area contributed by atoms with Gasteiger partial charge in [0.1, 0.15) is 0 Å². The number of aromatic nitrogens is 2. The van der Waals surface area contributed by atoms with Crippen LogP contribution in [0.2, 0.25) is 0 Å². The van der Waals surface area contributed by atoms with E-state index in [4.69, 9.17) is 10.8 Å². The molecule has 12 heavy (non-hydrogen) atoms. The minimum absolute atomic E-state index is 0.0344. The van der Waals surface area contributed by atoms with Gasteiger partial charge in [-0.1, -0.05) is 0 Å². The number of aryl methyl sites for hydroxylation is 2. The smallest absolute Gasteiger partial charge is 0.0645 e. The fourth-order valence-corrected chi connectivity index (χ4v) is 1.42. The minimum atomic E-state index is -0.307. The molecule has 4 nitrogen and oxygen atoms in total.